The number of rotatable bonds is 4. The molecule has 1 fully saturated rings. The van der Waals surface area contributed by atoms with Crippen LogP contribution in [0.5, 0.6) is 0 Å². The fourth-order valence-corrected chi connectivity index (χ4v) is 2.38. The minimum atomic E-state index is -0.188. The molecule has 1 aromatic rings. The molecule has 2 heteroatoms. The van der Waals surface area contributed by atoms with Crippen molar-refractivity contribution in [1.29, 1.82) is 0 Å². The molecule has 1 aliphatic carbocycles. The summed E-state index contributed by atoms with van der Waals surface area (Å²) in [5.41, 5.74) is 2.26. The van der Waals surface area contributed by atoms with Gasteiger partial charge in [-0.2, -0.15) is 0 Å². The Hall–Kier alpha value is -1.12. The van der Waals surface area contributed by atoms with Gasteiger partial charge >= 0.3 is 0 Å². The summed E-state index contributed by atoms with van der Waals surface area (Å²) >= 11 is 0. The van der Waals surface area contributed by atoms with Crippen LogP contribution >= 0.6 is 0 Å². The van der Waals surface area contributed by atoms with Gasteiger partial charge in [0, 0.05) is 12.6 Å². The van der Waals surface area contributed by atoms with Crippen LogP contribution in [0.1, 0.15) is 31.2 Å². The van der Waals surface area contributed by atoms with Crippen LogP contribution in [0.4, 0.5) is 0 Å². The lowest BCUT2D eigenvalue weighted by Crippen LogP contribution is -2.42. The Morgan fingerprint density at radius 2 is 1.94 bits per heavy atom. The van der Waals surface area contributed by atoms with Crippen molar-refractivity contribution in [2.45, 2.75) is 37.8 Å². The lowest BCUT2D eigenvalue weighted by molar-refractivity contribution is 0.0931. The number of hydrogen-bond donors (Lipinski definition) is 2. The minimum Gasteiger partial charge on any atom is -0.392 e. The van der Waals surface area contributed by atoms with Crippen molar-refractivity contribution in [3.63, 3.8) is 0 Å². The van der Waals surface area contributed by atoms with Crippen molar-refractivity contribution >= 4 is 5.57 Å². The summed E-state index contributed by atoms with van der Waals surface area (Å²) in [7, 11) is 0. The fraction of sp³-hybridized carbons (Fsp3) is 0.467. The van der Waals surface area contributed by atoms with E-state index in [4.69, 9.17) is 0 Å². The quantitative estimate of drug-likeness (QED) is 0.835. The molecule has 1 aliphatic rings. The van der Waals surface area contributed by atoms with E-state index in [1.807, 2.05) is 18.2 Å². The highest BCUT2D eigenvalue weighted by molar-refractivity contribution is 5.64. The highest BCUT2D eigenvalue weighted by atomic mass is 16.3. The van der Waals surface area contributed by atoms with E-state index in [1.165, 1.54) is 12.0 Å². The third-order valence-electron chi connectivity index (χ3n) is 3.49. The molecular formula is C15H21NO. The van der Waals surface area contributed by atoms with Gasteiger partial charge in [-0.1, -0.05) is 49.8 Å². The summed E-state index contributed by atoms with van der Waals surface area (Å²) in [6.45, 7) is 4.85. The van der Waals surface area contributed by atoms with Crippen LogP contribution in [0.25, 0.3) is 5.57 Å². The first-order valence-electron chi connectivity index (χ1n) is 6.42. The average molecular weight is 231 g/mol. The molecule has 2 nitrogen and oxygen atoms in total. The second-order valence-electron chi connectivity index (χ2n) is 4.81. The Morgan fingerprint density at radius 1 is 1.24 bits per heavy atom. The van der Waals surface area contributed by atoms with Gasteiger partial charge in [0.15, 0.2) is 0 Å². The first-order chi connectivity index (χ1) is 8.27. The summed E-state index contributed by atoms with van der Waals surface area (Å²) in [5, 5.41) is 13.3. The van der Waals surface area contributed by atoms with E-state index in [1.54, 1.807) is 0 Å². The average Bonchev–Trinajstić information content (AvgIpc) is 2.38. The monoisotopic (exact) mass is 231 g/mol. The molecule has 17 heavy (non-hydrogen) atoms. The summed E-state index contributed by atoms with van der Waals surface area (Å²) in [5.74, 6) is 0. The van der Waals surface area contributed by atoms with Crippen molar-refractivity contribution in [3.05, 3.63) is 42.5 Å². The molecule has 0 aromatic heterocycles. The lowest BCUT2D eigenvalue weighted by atomic mass is 9.92. The van der Waals surface area contributed by atoms with Gasteiger partial charge in [0.2, 0.25) is 0 Å². The Kier molecular flexibility index (Phi) is 4.35. The van der Waals surface area contributed by atoms with E-state index in [0.29, 0.717) is 0 Å². The second-order valence-corrected chi connectivity index (χ2v) is 4.81. The molecule has 1 aromatic carbocycles. The van der Waals surface area contributed by atoms with E-state index in [-0.39, 0.29) is 12.1 Å². The Bertz CT molecular complexity index is 360. The summed E-state index contributed by atoms with van der Waals surface area (Å²) in [6.07, 6.45) is 4.18. The lowest BCUT2D eigenvalue weighted by Gasteiger charge is -2.28. The van der Waals surface area contributed by atoms with Crippen molar-refractivity contribution in [2.75, 3.05) is 6.54 Å². The van der Waals surface area contributed by atoms with Gasteiger partial charge in [-0.25, -0.2) is 0 Å². The minimum absolute atomic E-state index is 0.188. The van der Waals surface area contributed by atoms with Crippen LogP contribution in [0.2, 0.25) is 0 Å². The molecule has 0 saturated heterocycles. The smallest absolute Gasteiger partial charge is 0.0693 e. The topological polar surface area (TPSA) is 32.3 Å². The summed E-state index contributed by atoms with van der Waals surface area (Å²) in [4.78, 5) is 0. The van der Waals surface area contributed by atoms with Crippen molar-refractivity contribution < 1.29 is 5.11 Å². The molecule has 2 unspecified atom stereocenters. The molecule has 92 valence electrons. The van der Waals surface area contributed by atoms with E-state index in [9.17, 15) is 5.11 Å². The molecule has 2 N–H and O–H groups in total. The maximum absolute atomic E-state index is 9.86. The molecule has 0 aliphatic heterocycles. The third kappa shape index (κ3) is 3.42. The number of hydrogen-bond acceptors (Lipinski definition) is 2. The van der Waals surface area contributed by atoms with E-state index in [2.05, 4.69) is 24.0 Å². The Balaban J connectivity index is 1.84. The third-order valence-corrected chi connectivity index (χ3v) is 3.49. The Morgan fingerprint density at radius 3 is 2.65 bits per heavy atom. The van der Waals surface area contributed by atoms with Crippen LogP contribution < -0.4 is 5.32 Å². The Labute approximate surface area is 103 Å². The SMILES string of the molecule is C=C(CNC1CCCCC1O)c1ccccc1. The van der Waals surface area contributed by atoms with Gasteiger partial charge in [-0.3, -0.25) is 0 Å². The summed E-state index contributed by atoms with van der Waals surface area (Å²) in [6, 6.07) is 10.4. The number of aliphatic hydroxyl groups is 1. The predicted octanol–water partition coefficient (Wildman–Crippen LogP) is 2.59. The van der Waals surface area contributed by atoms with Gasteiger partial charge in [0.05, 0.1) is 6.10 Å². The normalized spacial score (nSPS) is 24.5. The van der Waals surface area contributed by atoms with Crippen molar-refractivity contribution in [2.24, 2.45) is 0 Å². The number of nitrogens with one attached hydrogen (secondary N) is 1. The molecule has 1 saturated carbocycles. The number of benzene rings is 1. The van der Waals surface area contributed by atoms with Crippen LogP contribution in [0.15, 0.2) is 36.9 Å². The molecule has 0 bridgehead atoms. The first-order valence-corrected chi connectivity index (χ1v) is 6.42. The molecule has 0 heterocycles. The molecular weight excluding hydrogens is 210 g/mol. The van der Waals surface area contributed by atoms with E-state index in [0.717, 1.165) is 31.4 Å². The zero-order chi connectivity index (χ0) is 12.1. The molecule has 0 radical (unpaired) electrons. The fourth-order valence-electron chi connectivity index (χ4n) is 2.38. The van der Waals surface area contributed by atoms with Gasteiger partial charge < -0.3 is 10.4 Å². The van der Waals surface area contributed by atoms with Gasteiger partial charge in [0.25, 0.3) is 0 Å². The van der Waals surface area contributed by atoms with Gasteiger partial charge in [-0.15, -0.1) is 0 Å². The van der Waals surface area contributed by atoms with Crippen molar-refractivity contribution in [1.82, 2.24) is 5.32 Å². The van der Waals surface area contributed by atoms with Gasteiger partial charge in [0.1, 0.15) is 0 Å². The van der Waals surface area contributed by atoms with E-state index < -0.39 is 0 Å². The first kappa shape index (κ1) is 12.3. The van der Waals surface area contributed by atoms with E-state index >= 15 is 0 Å². The van der Waals surface area contributed by atoms with Gasteiger partial charge in [-0.05, 0) is 24.0 Å². The molecule has 2 atom stereocenters. The van der Waals surface area contributed by atoms with Crippen LogP contribution in [0, 0.1) is 0 Å². The maximum atomic E-state index is 9.86. The zero-order valence-electron chi connectivity index (χ0n) is 10.2. The van der Waals surface area contributed by atoms with Crippen LogP contribution in [0.3, 0.4) is 0 Å². The standard InChI is InChI=1S/C15H21NO/c1-12(13-7-3-2-4-8-13)11-16-14-9-5-6-10-15(14)17/h2-4,7-8,14-17H,1,5-6,9-11H2. The highest BCUT2D eigenvalue weighted by Crippen LogP contribution is 2.19. The predicted molar refractivity (Wildman–Crippen MR) is 71.7 cm³/mol. The largest absolute Gasteiger partial charge is 0.392 e. The highest BCUT2D eigenvalue weighted by Gasteiger charge is 2.22. The molecule has 2 rings (SSSR count). The maximum Gasteiger partial charge on any atom is 0.0693 e. The zero-order valence-corrected chi connectivity index (χ0v) is 10.2. The molecule has 0 amide bonds. The molecule has 0 spiro atoms. The van der Waals surface area contributed by atoms with Crippen LogP contribution in [-0.2, 0) is 0 Å². The van der Waals surface area contributed by atoms with Crippen molar-refractivity contribution in [3.8, 4) is 0 Å². The second kappa shape index (κ2) is 5.99. The summed E-state index contributed by atoms with van der Waals surface area (Å²) < 4.78 is 0. The number of aliphatic hydroxyl groups excluding tert-OH is 1. The van der Waals surface area contributed by atoms with Crippen LogP contribution in [-0.4, -0.2) is 23.8 Å².